The second-order valence-corrected chi connectivity index (χ2v) is 4.49. The van der Waals surface area contributed by atoms with E-state index in [0.29, 0.717) is 19.6 Å². The number of esters is 1. The number of benzene rings is 1. The van der Waals surface area contributed by atoms with Crippen LogP contribution in [0.2, 0.25) is 0 Å². The maximum absolute atomic E-state index is 11.8. The van der Waals surface area contributed by atoms with Crippen molar-refractivity contribution in [1.82, 2.24) is 10.2 Å². The zero-order chi connectivity index (χ0) is 15.7. The van der Waals surface area contributed by atoms with E-state index in [0.717, 1.165) is 11.3 Å². The number of carbonyl (C=O) groups excluding carboxylic acids is 2. The number of methoxy groups -OCH3 is 1. The molecule has 0 atom stereocenters. The summed E-state index contributed by atoms with van der Waals surface area (Å²) in [6, 6.07) is 7.37. The Morgan fingerprint density at radius 1 is 1.24 bits per heavy atom. The average Bonchev–Trinajstić information content (AvgIpc) is 2.48. The van der Waals surface area contributed by atoms with E-state index < -0.39 is 5.97 Å². The van der Waals surface area contributed by atoms with Crippen LogP contribution in [0.5, 0.6) is 5.75 Å². The van der Waals surface area contributed by atoms with Crippen molar-refractivity contribution >= 4 is 12.0 Å². The van der Waals surface area contributed by atoms with Crippen molar-refractivity contribution in [3.8, 4) is 5.75 Å². The molecule has 21 heavy (non-hydrogen) atoms. The minimum atomic E-state index is -0.412. The number of hydrogen-bond acceptors (Lipinski definition) is 4. The largest absolute Gasteiger partial charge is 0.497 e. The summed E-state index contributed by atoms with van der Waals surface area (Å²) in [5.74, 6) is 0.391. The van der Waals surface area contributed by atoms with Gasteiger partial charge in [-0.3, -0.25) is 4.79 Å². The fourth-order valence-corrected chi connectivity index (χ4v) is 1.71. The van der Waals surface area contributed by atoms with Crippen molar-refractivity contribution in [2.24, 2.45) is 0 Å². The number of nitrogens with zero attached hydrogens (tertiary/aromatic N) is 1. The molecule has 1 aromatic carbocycles. The second-order valence-electron chi connectivity index (χ2n) is 4.49. The molecular formula is C15H22N2O4. The third-order valence-electron chi connectivity index (χ3n) is 2.87. The second kappa shape index (κ2) is 8.84. The van der Waals surface area contributed by atoms with Gasteiger partial charge >= 0.3 is 12.0 Å². The summed E-state index contributed by atoms with van der Waals surface area (Å²) in [6.45, 7) is 2.49. The summed E-state index contributed by atoms with van der Waals surface area (Å²) in [5, 5.41) is 2.75. The Balaban J connectivity index is 2.30. The van der Waals surface area contributed by atoms with Crippen LogP contribution >= 0.6 is 0 Å². The highest BCUT2D eigenvalue weighted by Crippen LogP contribution is 2.11. The number of nitrogens with one attached hydrogen (secondary N) is 1. The lowest BCUT2D eigenvalue weighted by molar-refractivity contribution is -0.143. The van der Waals surface area contributed by atoms with Gasteiger partial charge in [-0.15, -0.1) is 0 Å². The van der Waals surface area contributed by atoms with Crippen molar-refractivity contribution in [3.63, 3.8) is 0 Å². The molecule has 0 saturated carbocycles. The fraction of sp³-hybridized carbons (Fsp3) is 0.467. The van der Waals surface area contributed by atoms with Gasteiger partial charge in [-0.05, 0) is 31.0 Å². The molecule has 0 unspecified atom stereocenters. The van der Waals surface area contributed by atoms with Crippen LogP contribution in [0, 0.1) is 0 Å². The van der Waals surface area contributed by atoms with Gasteiger partial charge in [0.25, 0.3) is 0 Å². The highest BCUT2D eigenvalue weighted by molar-refractivity contribution is 5.80. The third-order valence-corrected chi connectivity index (χ3v) is 2.87. The summed E-state index contributed by atoms with van der Waals surface area (Å²) >= 11 is 0. The summed E-state index contributed by atoms with van der Waals surface area (Å²) in [7, 11) is 3.17. The molecule has 0 aromatic heterocycles. The first-order valence-corrected chi connectivity index (χ1v) is 6.84. The summed E-state index contributed by atoms with van der Waals surface area (Å²) in [6.07, 6.45) is 0.711. The molecule has 1 aromatic rings. The van der Waals surface area contributed by atoms with Crippen molar-refractivity contribution in [1.29, 1.82) is 0 Å². The highest BCUT2D eigenvalue weighted by Gasteiger charge is 2.12. The quantitative estimate of drug-likeness (QED) is 0.773. The molecule has 0 fully saturated rings. The van der Waals surface area contributed by atoms with Gasteiger partial charge in [0.2, 0.25) is 0 Å². The minimum absolute atomic E-state index is 0.0534. The zero-order valence-electron chi connectivity index (χ0n) is 12.7. The summed E-state index contributed by atoms with van der Waals surface area (Å²) in [5.41, 5.74) is 1.10. The highest BCUT2D eigenvalue weighted by atomic mass is 16.5. The van der Waals surface area contributed by atoms with Gasteiger partial charge in [0, 0.05) is 13.6 Å². The topological polar surface area (TPSA) is 67.9 Å². The van der Waals surface area contributed by atoms with E-state index in [2.05, 4.69) is 5.32 Å². The molecule has 0 saturated heterocycles. The smallest absolute Gasteiger partial charge is 0.325 e. The van der Waals surface area contributed by atoms with E-state index in [1.165, 1.54) is 4.90 Å². The van der Waals surface area contributed by atoms with Crippen LogP contribution in [0.3, 0.4) is 0 Å². The monoisotopic (exact) mass is 294 g/mol. The Morgan fingerprint density at radius 3 is 2.48 bits per heavy atom. The van der Waals surface area contributed by atoms with E-state index in [4.69, 9.17) is 9.47 Å². The maximum Gasteiger partial charge on any atom is 0.325 e. The molecule has 0 aliphatic rings. The van der Waals surface area contributed by atoms with Crippen LogP contribution in [0.4, 0.5) is 4.79 Å². The fourth-order valence-electron chi connectivity index (χ4n) is 1.71. The molecule has 1 rings (SSSR count). The van der Waals surface area contributed by atoms with Crippen molar-refractivity contribution in [3.05, 3.63) is 29.8 Å². The number of rotatable bonds is 7. The van der Waals surface area contributed by atoms with Gasteiger partial charge in [-0.25, -0.2) is 4.79 Å². The van der Waals surface area contributed by atoms with E-state index in [9.17, 15) is 9.59 Å². The molecule has 0 spiro atoms. The Morgan fingerprint density at radius 2 is 1.90 bits per heavy atom. The predicted molar refractivity (Wildman–Crippen MR) is 79.4 cm³/mol. The van der Waals surface area contributed by atoms with E-state index in [1.54, 1.807) is 21.1 Å². The standard InChI is InChI=1S/C15H22N2O4/c1-4-21-14(18)11-17(2)15(19)16-10-9-12-5-7-13(20-3)8-6-12/h5-8H,4,9-11H2,1-3H3,(H,16,19). The first kappa shape index (κ1) is 16.8. The Bertz CT molecular complexity index is 459. The Hall–Kier alpha value is -2.24. The summed E-state index contributed by atoms with van der Waals surface area (Å²) < 4.78 is 9.87. The first-order valence-electron chi connectivity index (χ1n) is 6.84. The number of carbonyl (C=O) groups is 2. The number of hydrogen-bond donors (Lipinski definition) is 1. The molecule has 0 aliphatic heterocycles. The summed E-state index contributed by atoms with van der Waals surface area (Å²) in [4.78, 5) is 24.3. The lowest BCUT2D eigenvalue weighted by atomic mass is 10.1. The van der Waals surface area contributed by atoms with Crippen LogP contribution in [0.1, 0.15) is 12.5 Å². The van der Waals surface area contributed by atoms with E-state index in [1.807, 2.05) is 24.3 Å². The molecular weight excluding hydrogens is 272 g/mol. The van der Waals surface area contributed by atoms with Gasteiger partial charge in [0.05, 0.1) is 13.7 Å². The van der Waals surface area contributed by atoms with Gasteiger partial charge in [-0.2, -0.15) is 0 Å². The molecule has 1 N–H and O–H groups in total. The van der Waals surface area contributed by atoms with Crippen LogP contribution in [0.15, 0.2) is 24.3 Å². The average molecular weight is 294 g/mol. The maximum atomic E-state index is 11.8. The molecule has 116 valence electrons. The molecule has 0 aliphatic carbocycles. The SMILES string of the molecule is CCOC(=O)CN(C)C(=O)NCCc1ccc(OC)cc1. The van der Waals surface area contributed by atoms with Crippen molar-refractivity contribution < 1.29 is 19.1 Å². The number of ether oxygens (including phenoxy) is 2. The van der Waals surface area contributed by atoms with Gasteiger partial charge < -0.3 is 19.7 Å². The lowest BCUT2D eigenvalue weighted by Gasteiger charge is -2.16. The van der Waals surface area contributed by atoms with Gasteiger partial charge in [0.1, 0.15) is 12.3 Å². The van der Waals surface area contributed by atoms with Crippen LogP contribution in [-0.4, -0.2) is 50.8 Å². The Labute approximate surface area is 125 Å². The third kappa shape index (κ3) is 6.16. The van der Waals surface area contributed by atoms with Crippen molar-refractivity contribution in [2.75, 3.05) is 33.9 Å². The number of likely N-dealkylation sites (N-methyl/N-ethyl adjacent to an activating group) is 1. The molecule has 6 heteroatoms. The number of urea groups is 1. The first-order chi connectivity index (χ1) is 10.1. The molecule has 0 bridgehead atoms. The van der Waals surface area contributed by atoms with Crippen LogP contribution < -0.4 is 10.1 Å². The molecule has 0 radical (unpaired) electrons. The lowest BCUT2D eigenvalue weighted by Crippen LogP contribution is -2.41. The van der Waals surface area contributed by atoms with Gasteiger partial charge in [0.15, 0.2) is 0 Å². The van der Waals surface area contributed by atoms with Crippen molar-refractivity contribution in [2.45, 2.75) is 13.3 Å². The zero-order valence-corrected chi connectivity index (χ0v) is 12.7. The molecule has 6 nitrogen and oxygen atoms in total. The number of amides is 2. The van der Waals surface area contributed by atoms with E-state index >= 15 is 0 Å². The Kier molecular flexibility index (Phi) is 7.08. The minimum Gasteiger partial charge on any atom is -0.497 e. The predicted octanol–water partition coefficient (Wildman–Crippen LogP) is 1.44. The molecule has 2 amide bonds. The van der Waals surface area contributed by atoms with Crippen LogP contribution in [0.25, 0.3) is 0 Å². The van der Waals surface area contributed by atoms with E-state index in [-0.39, 0.29) is 12.6 Å². The molecule has 0 heterocycles. The van der Waals surface area contributed by atoms with Crippen LogP contribution in [-0.2, 0) is 16.0 Å². The normalized spacial score (nSPS) is 9.86. The van der Waals surface area contributed by atoms with Gasteiger partial charge in [-0.1, -0.05) is 12.1 Å².